The molecule has 0 bridgehead atoms. The number of aromatic nitrogens is 1. The highest BCUT2D eigenvalue weighted by molar-refractivity contribution is 6.31. The molecule has 29 heavy (non-hydrogen) atoms. The molecule has 0 aliphatic heterocycles. The number of aryl methyl sites for hydroxylation is 1. The van der Waals surface area contributed by atoms with E-state index in [1.807, 2.05) is 42.7 Å². The van der Waals surface area contributed by atoms with Crippen LogP contribution in [0.15, 0.2) is 60.7 Å². The van der Waals surface area contributed by atoms with Crippen LogP contribution in [-0.4, -0.2) is 28.0 Å². The van der Waals surface area contributed by atoms with Gasteiger partial charge in [-0.3, -0.25) is 4.79 Å². The molecule has 3 rings (SSSR count). The average Bonchev–Trinajstić information content (AvgIpc) is 3.01. The van der Waals surface area contributed by atoms with E-state index in [9.17, 15) is 14.7 Å². The van der Waals surface area contributed by atoms with Crippen molar-refractivity contribution in [2.75, 3.05) is 6.61 Å². The van der Waals surface area contributed by atoms with Crippen molar-refractivity contribution in [3.05, 3.63) is 93.8 Å². The molecular weight excluding hydrogens is 390 g/mol. The molecule has 1 heterocycles. The smallest absolute Gasteiger partial charge is 0.340 e. The molecule has 0 aliphatic carbocycles. The number of aliphatic hydroxyl groups is 1. The molecular formula is C23H22ClNO4. The van der Waals surface area contributed by atoms with Crippen molar-refractivity contribution in [1.82, 2.24) is 4.57 Å². The summed E-state index contributed by atoms with van der Waals surface area (Å²) in [6, 6.07) is 17.8. The van der Waals surface area contributed by atoms with Crippen molar-refractivity contribution < 1.29 is 19.4 Å². The summed E-state index contributed by atoms with van der Waals surface area (Å²) in [5, 5.41) is 10.7. The van der Waals surface area contributed by atoms with Gasteiger partial charge in [-0.2, -0.15) is 0 Å². The van der Waals surface area contributed by atoms with E-state index in [1.165, 1.54) is 0 Å². The third-order valence-electron chi connectivity index (χ3n) is 4.84. The van der Waals surface area contributed by atoms with Crippen molar-refractivity contribution in [3.63, 3.8) is 0 Å². The van der Waals surface area contributed by atoms with Gasteiger partial charge in [0.05, 0.1) is 0 Å². The normalized spacial score (nSPS) is 11.9. The molecule has 6 heteroatoms. The first kappa shape index (κ1) is 20.8. The minimum atomic E-state index is -1.42. The second-order valence-corrected chi connectivity index (χ2v) is 7.21. The van der Waals surface area contributed by atoms with E-state index in [0.717, 1.165) is 17.0 Å². The van der Waals surface area contributed by atoms with Crippen molar-refractivity contribution in [2.45, 2.75) is 26.5 Å². The Morgan fingerprint density at radius 1 is 1.07 bits per heavy atom. The van der Waals surface area contributed by atoms with E-state index in [-0.39, 0.29) is 5.78 Å². The maximum Gasteiger partial charge on any atom is 0.340 e. The topological polar surface area (TPSA) is 68.5 Å². The summed E-state index contributed by atoms with van der Waals surface area (Å²) in [4.78, 5) is 24.7. The number of nitrogens with zero attached hydrogens (tertiary/aromatic N) is 1. The van der Waals surface area contributed by atoms with Gasteiger partial charge >= 0.3 is 5.97 Å². The highest BCUT2D eigenvalue weighted by atomic mass is 35.5. The quantitative estimate of drug-likeness (QED) is 0.465. The highest BCUT2D eigenvalue weighted by Crippen LogP contribution is 2.22. The van der Waals surface area contributed by atoms with Crippen molar-refractivity contribution in [2.24, 2.45) is 0 Å². The molecule has 0 unspecified atom stereocenters. The maximum atomic E-state index is 12.6. The second-order valence-electron chi connectivity index (χ2n) is 6.81. The van der Waals surface area contributed by atoms with E-state index >= 15 is 0 Å². The summed E-state index contributed by atoms with van der Waals surface area (Å²) in [7, 11) is 0. The molecule has 1 atom stereocenters. The SMILES string of the molecule is Cc1cc(C(=O)COC(=O)[C@H](O)c2ccccc2)c(C)n1Cc1ccccc1Cl. The van der Waals surface area contributed by atoms with Crippen LogP contribution in [0.3, 0.4) is 0 Å². The zero-order valence-electron chi connectivity index (χ0n) is 16.3. The molecule has 2 aromatic carbocycles. The van der Waals surface area contributed by atoms with Crippen LogP contribution in [0.2, 0.25) is 5.02 Å². The number of hydrogen-bond acceptors (Lipinski definition) is 4. The highest BCUT2D eigenvalue weighted by Gasteiger charge is 2.22. The van der Waals surface area contributed by atoms with Gasteiger partial charge in [0.1, 0.15) is 0 Å². The Balaban J connectivity index is 1.68. The van der Waals surface area contributed by atoms with Crippen LogP contribution in [0.25, 0.3) is 0 Å². The largest absolute Gasteiger partial charge is 0.455 e. The number of hydrogen-bond donors (Lipinski definition) is 1. The molecule has 0 saturated carbocycles. The lowest BCUT2D eigenvalue weighted by Crippen LogP contribution is -2.20. The van der Waals surface area contributed by atoms with Gasteiger partial charge in [-0.25, -0.2) is 4.79 Å². The Hall–Kier alpha value is -2.89. The molecule has 0 fully saturated rings. The lowest BCUT2D eigenvalue weighted by Gasteiger charge is -2.12. The van der Waals surface area contributed by atoms with Gasteiger partial charge in [-0.05, 0) is 37.1 Å². The summed E-state index contributed by atoms with van der Waals surface area (Å²) in [5.41, 5.74) is 3.53. The summed E-state index contributed by atoms with van der Waals surface area (Å²) in [5.74, 6) is -1.17. The van der Waals surface area contributed by atoms with Crippen LogP contribution in [-0.2, 0) is 16.1 Å². The van der Waals surface area contributed by atoms with Gasteiger partial charge in [0, 0.05) is 28.5 Å². The van der Waals surface area contributed by atoms with Crippen LogP contribution in [0.1, 0.15) is 39.0 Å². The molecule has 150 valence electrons. The standard InChI is InChI=1S/C23H22ClNO4/c1-15-12-19(16(2)25(15)13-18-10-6-7-11-20(18)24)21(26)14-29-23(28)22(27)17-8-4-3-5-9-17/h3-12,22,27H,13-14H2,1-2H3/t22-/m1/s1. The number of carbonyl (C=O) groups excluding carboxylic acids is 2. The van der Waals surface area contributed by atoms with Gasteiger partial charge in [0.25, 0.3) is 0 Å². The van der Waals surface area contributed by atoms with Crippen molar-refractivity contribution in [1.29, 1.82) is 0 Å². The maximum absolute atomic E-state index is 12.6. The molecule has 1 N–H and O–H groups in total. The first-order valence-electron chi connectivity index (χ1n) is 9.21. The van der Waals surface area contributed by atoms with Gasteiger partial charge in [0.2, 0.25) is 5.78 Å². The number of esters is 1. The number of benzene rings is 2. The van der Waals surface area contributed by atoms with E-state index in [1.54, 1.807) is 36.4 Å². The summed E-state index contributed by atoms with van der Waals surface area (Å²) < 4.78 is 7.04. The van der Waals surface area contributed by atoms with E-state index < -0.39 is 18.7 Å². The van der Waals surface area contributed by atoms with E-state index in [4.69, 9.17) is 16.3 Å². The molecule has 0 radical (unpaired) electrons. The number of rotatable bonds is 7. The number of halogens is 1. The third kappa shape index (κ3) is 4.75. The molecule has 0 aliphatic rings. The third-order valence-corrected chi connectivity index (χ3v) is 5.21. The summed E-state index contributed by atoms with van der Waals surface area (Å²) >= 11 is 6.25. The second kappa shape index (κ2) is 9.07. The predicted molar refractivity (Wildman–Crippen MR) is 111 cm³/mol. The first-order chi connectivity index (χ1) is 13.9. The molecule has 1 aromatic heterocycles. The Morgan fingerprint density at radius 3 is 2.41 bits per heavy atom. The zero-order chi connectivity index (χ0) is 21.0. The number of ketones is 1. The predicted octanol–water partition coefficient (Wildman–Crippen LogP) is 4.27. The fourth-order valence-corrected chi connectivity index (χ4v) is 3.38. The molecule has 5 nitrogen and oxygen atoms in total. The summed E-state index contributed by atoms with van der Waals surface area (Å²) in [6.07, 6.45) is -1.42. The van der Waals surface area contributed by atoms with Crippen molar-refractivity contribution >= 4 is 23.4 Å². The first-order valence-corrected chi connectivity index (χ1v) is 9.59. The van der Waals surface area contributed by atoms with Crippen LogP contribution >= 0.6 is 11.6 Å². The number of Topliss-reactive ketones (excluding diaryl/α,β-unsaturated/α-hetero) is 1. The number of carbonyl (C=O) groups is 2. The Morgan fingerprint density at radius 2 is 1.72 bits per heavy atom. The number of aliphatic hydroxyl groups excluding tert-OH is 1. The molecule has 0 amide bonds. The van der Waals surface area contributed by atoms with E-state index in [2.05, 4.69) is 0 Å². The summed E-state index contributed by atoms with van der Waals surface area (Å²) in [6.45, 7) is 3.86. The van der Waals surface area contributed by atoms with E-state index in [0.29, 0.717) is 22.7 Å². The minimum Gasteiger partial charge on any atom is -0.455 e. The van der Waals surface area contributed by atoms with Gasteiger partial charge in [-0.1, -0.05) is 60.1 Å². The Kier molecular flexibility index (Phi) is 6.52. The Labute approximate surface area is 174 Å². The lowest BCUT2D eigenvalue weighted by atomic mass is 10.1. The number of ether oxygens (including phenoxy) is 1. The lowest BCUT2D eigenvalue weighted by molar-refractivity contribution is -0.152. The van der Waals surface area contributed by atoms with Gasteiger partial charge in [-0.15, -0.1) is 0 Å². The van der Waals surface area contributed by atoms with Crippen LogP contribution in [0.4, 0.5) is 0 Å². The Bertz CT molecular complexity index is 1030. The fraction of sp³-hybridized carbons (Fsp3) is 0.217. The fourth-order valence-electron chi connectivity index (χ4n) is 3.19. The van der Waals surface area contributed by atoms with Crippen LogP contribution in [0.5, 0.6) is 0 Å². The molecule has 0 spiro atoms. The van der Waals surface area contributed by atoms with Gasteiger partial charge < -0.3 is 14.4 Å². The van der Waals surface area contributed by atoms with Gasteiger partial charge in [0.15, 0.2) is 12.7 Å². The monoisotopic (exact) mass is 411 g/mol. The average molecular weight is 412 g/mol. The molecule has 3 aromatic rings. The molecule has 0 saturated heterocycles. The minimum absolute atomic E-state index is 0.322. The van der Waals surface area contributed by atoms with Crippen molar-refractivity contribution in [3.8, 4) is 0 Å². The van der Waals surface area contributed by atoms with Crippen LogP contribution in [0, 0.1) is 13.8 Å². The van der Waals surface area contributed by atoms with Crippen LogP contribution < -0.4 is 0 Å². The zero-order valence-corrected chi connectivity index (χ0v) is 17.0.